The van der Waals surface area contributed by atoms with E-state index in [9.17, 15) is 4.79 Å². The predicted molar refractivity (Wildman–Crippen MR) is 72.2 cm³/mol. The van der Waals surface area contributed by atoms with Crippen molar-refractivity contribution in [3.8, 4) is 0 Å². The van der Waals surface area contributed by atoms with Gasteiger partial charge in [0.1, 0.15) is 0 Å². The topological polar surface area (TPSA) is 29.5 Å². The van der Waals surface area contributed by atoms with E-state index in [1.54, 1.807) is 11.9 Å². The molecule has 0 saturated carbocycles. The molecule has 1 amide bonds. The quantitative estimate of drug-likeness (QED) is 0.823. The van der Waals surface area contributed by atoms with Crippen LogP contribution in [-0.2, 0) is 9.53 Å². The van der Waals surface area contributed by atoms with Crippen LogP contribution >= 0.6 is 0 Å². The van der Waals surface area contributed by atoms with Crippen LogP contribution in [0.4, 0.5) is 0 Å². The van der Waals surface area contributed by atoms with Crippen LogP contribution in [-0.4, -0.2) is 17.9 Å². The van der Waals surface area contributed by atoms with Gasteiger partial charge in [0.2, 0.25) is 0 Å². The number of nitrogens with zero attached hydrogens (tertiary/aromatic N) is 1. The van der Waals surface area contributed by atoms with Gasteiger partial charge in [-0.1, -0.05) is 60.7 Å². The first-order chi connectivity index (χ1) is 9.27. The molecule has 3 rings (SSSR count). The van der Waals surface area contributed by atoms with E-state index in [-0.39, 0.29) is 12.1 Å². The highest BCUT2D eigenvalue weighted by molar-refractivity contribution is 5.84. The molecule has 3 heteroatoms. The van der Waals surface area contributed by atoms with Gasteiger partial charge in [0.25, 0.3) is 5.91 Å². The Bertz CT molecular complexity index is 568. The van der Waals surface area contributed by atoms with Gasteiger partial charge in [0.15, 0.2) is 12.3 Å². The minimum atomic E-state index is -0.503. The smallest absolute Gasteiger partial charge is 0.258 e. The number of amides is 1. The molecular formula is C16H15NO2. The molecule has 0 radical (unpaired) electrons. The molecule has 96 valence electrons. The van der Waals surface area contributed by atoms with E-state index < -0.39 is 6.10 Å². The predicted octanol–water partition coefficient (Wildman–Crippen LogP) is 2.92. The van der Waals surface area contributed by atoms with Crippen molar-refractivity contribution >= 4 is 5.91 Å². The number of hydrogen-bond donors (Lipinski definition) is 0. The summed E-state index contributed by atoms with van der Waals surface area (Å²) in [6.45, 7) is 0. The molecule has 0 aromatic heterocycles. The lowest BCUT2D eigenvalue weighted by molar-refractivity contribution is -0.129. The summed E-state index contributed by atoms with van der Waals surface area (Å²) in [4.78, 5) is 14.0. The summed E-state index contributed by atoms with van der Waals surface area (Å²) in [5.74, 6) is 0.0000491. The molecule has 2 atom stereocenters. The Balaban J connectivity index is 1.90. The molecule has 0 unspecified atom stereocenters. The maximum absolute atomic E-state index is 12.3. The van der Waals surface area contributed by atoms with Gasteiger partial charge in [0.05, 0.1) is 0 Å². The van der Waals surface area contributed by atoms with E-state index in [4.69, 9.17) is 4.74 Å². The van der Waals surface area contributed by atoms with Gasteiger partial charge in [0, 0.05) is 12.6 Å². The maximum Gasteiger partial charge on any atom is 0.258 e. The van der Waals surface area contributed by atoms with E-state index in [0.29, 0.717) is 0 Å². The van der Waals surface area contributed by atoms with Crippen molar-refractivity contribution in [2.75, 3.05) is 7.05 Å². The summed E-state index contributed by atoms with van der Waals surface area (Å²) in [6.07, 6.45) is -0.810. The van der Waals surface area contributed by atoms with Gasteiger partial charge in [-0.3, -0.25) is 4.79 Å². The highest BCUT2D eigenvalue weighted by Gasteiger charge is 2.39. The van der Waals surface area contributed by atoms with Gasteiger partial charge in [-0.05, 0) is 5.56 Å². The average molecular weight is 253 g/mol. The third-order valence-electron chi connectivity index (χ3n) is 3.38. The van der Waals surface area contributed by atoms with Gasteiger partial charge in [-0.15, -0.1) is 0 Å². The number of carbonyl (C=O) groups is 1. The summed E-state index contributed by atoms with van der Waals surface area (Å²) >= 11 is 0. The Kier molecular flexibility index (Phi) is 3.05. The zero-order chi connectivity index (χ0) is 13.2. The molecule has 3 nitrogen and oxygen atoms in total. The Hall–Kier alpha value is -2.13. The van der Waals surface area contributed by atoms with Gasteiger partial charge < -0.3 is 9.64 Å². The van der Waals surface area contributed by atoms with Crippen molar-refractivity contribution in [2.45, 2.75) is 12.3 Å². The van der Waals surface area contributed by atoms with Crippen LogP contribution in [0.5, 0.6) is 0 Å². The fourth-order valence-corrected chi connectivity index (χ4v) is 2.35. The van der Waals surface area contributed by atoms with Crippen molar-refractivity contribution < 1.29 is 9.53 Å². The lowest BCUT2D eigenvalue weighted by atomic mass is 10.1. The van der Waals surface area contributed by atoms with Gasteiger partial charge >= 0.3 is 0 Å². The number of carbonyl (C=O) groups excluding carboxylic acids is 1. The third-order valence-corrected chi connectivity index (χ3v) is 3.38. The standard InChI is InChI=1S/C16H15NO2/c1-17-15(18)14(12-8-4-2-5-9-12)19-16(17)13-10-6-3-7-11-13/h2-11,14,16H,1H3/t14-,16-/m0/s1. The van der Waals surface area contributed by atoms with Crippen LogP contribution in [0.25, 0.3) is 0 Å². The second-order valence-corrected chi connectivity index (χ2v) is 4.64. The van der Waals surface area contributed by atoms with Crippen molar-refractivity contribution in [3.05, 3.63) is 71.8 Å². The van der Waals surface area contributed by atoms with Gasteiger partial charge in [-0.2, -0.15) is 0 Å². The molecule has 1 heterocycles. The Morgan fingerprint density at radius 1 is 0.895 bits per heavy atom. The normalized spacial score (nSPS) is 22.8. The van der Waals surface area contributed by atoms with Gasteiger partial charge in [-0.25, -0.2) is 0 Å². The second kappa shape index (κ2) is 4.86. The lowest BCUT2D eigenvalue weighted by Crippen LogP contribution is -2.24. The summed E-state index contributed by atoms with van der Waals surface area (Å²) in [5, 5.41) is 0. The highest BCUT2D eigenvalue weighted by atomic mass is 16.5. The number of benzene rings is 2. The van der Waals surface area contributed by atoms with Crippen molar-refractivity contribution in [1.29, 1.82) is 0 Å². The third kappa shape index (κ3) is 2.13. The Labute approximate surface area is 112 Å². The Morgan fingerprint density at radius 3 is 2.00 bits per heavy atom. The highest BCUT2D eigenvalue weighted by Crippen LogP contribution is 2.37. The molecule has 1 saturated heterocycles. The SMILES string of the molecule is CN1C(=O)[C@H](c2ccccc2)O[C@H]1c1ccccc1. The van der Waals surface area contributed by atoms with E-state index in [1.807, 2.05) is 60.7 Å². The van der Waals surface area contributed by atoms with E-state index in [0.717, 1.165) is 11.1 Å². The minimum absolute atomic E-state index is 0.0000491. The van der Waals surface area contributed by atoms with E-state index in [1.165, 1.54) is 0 Å². The maximum atomic E-state index is 12.3. The molecule has 0 bridgehead atoms. The average Bonchev–Trinajstić information content (AvgIpc) is 2.77. The monoisotopic (exact) mass is 253 g/mol. The van der Waals surface area contributed by atoms with Crippen LogP contribution in [0.1, 0.15) is 23.5 Å². The van der Waals surface area contributed by atoms with Crippen molar-refractivity contribution in [2.24, 2.45) is 0 Å². The summed E-state index contributed by atoms with van der Waals surface area (Å²) in [5.41, 5.74) is 1.90. The first-order valence-electron chi connectivity index (χ1n) is 6.29. The zero-order valence-corrected chi connectivity index (χ0v) is 10.7. The van der Waals surface area contributed by atoms with Crippen LogP contribution in [0, 0.1) is 0 Å². The number of rotatable bonds is 2. The summed E-state index contributed by atoms with van der Waals surface area (Å²) < 4.78 is 5.93. The fourth-order valence-electron chi connectivity index (χ4n) is 2.35. The molecule has 0 spiro atoms. The molecule has 1 fully saturated rings. The minimum Gasteiger partial charge on any atom is -0.336 e. The molecule has 2 aromatic carbocycles. The fraction of sp³-hybridized carbons (Fsp3) is 0.188. The molecular weight excluding hydrogens is 238 g/mol. The van der Waals surface area contributed by atoms with Crippen molar-refractivity contribution in [1.82, 2.24) is 4.90 Å². The molecule has 1 aliphatic heterocycles. The van der Waals surface area contributed by atoms with Crippen LogP contribution in [0.15, 0.2) is 60.7 Å². The van der Waals surface area contributed by atoms with Crippen LogP contribution in [0.3, 0.4) is 0 Å². The van der Waals surface area contributed by atoms with Crippen molar-refractivity contribution in [3.63, 3.8) is 0 Å². The number of likely N-dealkylation sites (N-methyl/N-ethyl adjacent to an activating group) is 1. The molecule has 0 aliphatic carbocycles. The second-order valence-electron chi connectivity index (χ2n) is 4.64. The molecule has 2 aromatic rings. The molecule has 0 N–H and O–H groups in total. The first-order valence-corrected chi connectivity index (χ1v) is 6.29. The summed E-state index contributed by atoms with van der Waals surface area (Å²) in [6, 6.07) is 19.4. The Morgan fingerprint density at radius 2 is 1.42 bits per heavy atom. The van der Waals surface area contributed by atoms with Crippen LogP contribution < -0.4 is 0 Å². The zero-order valence-electron chi connectivity index (χ0n) is 10.7. The summed E-state index contributed by atoms with van der Waals surface area (Å²) in [7, 11) is 1.78. The van der Waals surface area contributed by atoms with Crippen LogP contribution in [0.2, 0.25) is 0 Å². The van der Waals surface area contributed by atoms with E-state index in [2.05, 4.69) is 0 Å². The molecule has 19 heavy (non-hydrogen) atoms. The van der Waals surface area contributed by atoms with E-state index >= 15 is 0 Å². The lowest BCUT2D eigenvalue weighted by Gasteiger charge is -2.17. The number of ether oxygens (including phenoxy) is 1. The first kappa shape index (κ1) is 11.9. The number of hydrogen-bond acceptors (Lipinski definition) is 2. The molecule has 1 aliphatic rings. The largest absolute Gasteiger partial charge is 0.336 e.